The van der Waals surface area contributed by atoms with Gasteiger partial charge in [-0.05, 0) is 84.3 Å². The van der Waals surface area contributed by atoms with Crippen molar-refractivity contribution in [3.8, 4) is 23.0 Å². The summed E-state index contributed by atoms with van der Waals surface area (Å²) in [5.74, 6) is 0.0778. The number of ether oxygens (including phenoxy) is 3. The van der Waals surface area contributed by atoms with Gasteiger partial charge in [0.15, 0.2) is 11.5 Å². The molecule has 0 heterocycles. The van der Waals surface area contributed by atoms with Crippen molar-refractivity contribution in [3.63, 3.8) is 0 Å². The van der Waals surface area contributed by atoms with Crippen LogP contribution in [-0.2, 0) is 0 Å². The topological polar surface area (TPSA) is 106 Å². The molecule has 0 saturated heterocycles. The molecule has 0 aromatic heterocycles. The molecule has 38 heavy (non-hydrogen) atoms. The molecule has 8 nitrogen and oxygen atoms in total. The molecule has 0 saturated carbocycles. The molecule has 0 aliphatic heterocycles. The van der Waals surface area contributed by atoms with Crippen LogP contribution in [0, 0.1) is 0 Å². The SMILES string of the molecule is CCCOc1ccc(C(=O)Oc2ccc(/C=N\NC(=O)c3cc4ccccc4cc3O)cc2OCC)cc1. The minimum Gasteiger partial charge on any atom is -0.507 e. The van der Waals surface area contributed by atoms with E-state index in [9.17, 15) is 14.7 Å². The Labute approximate surface area is 220 Å². The first kappa shape index (κ1) is 26.2. The van der Waals surface area contributed by atoms with Crippen molar-refractivity contribution in [1.82, 2.24) is 5.43 Å². The van der Waals surface area contributed by atoms with E-state index in [4.69, 9.17) is 14.2 Å². The van der Waals surface area contributed by atoms with Crippen LogP contribution in [0.4, 0.5) is 0 Å². The third-order valence-electron chi connectivity index (χ3n) is 5.52. The Morgan fingerprint density at radius 3 is 2.34 bits per heavy atom. The molecule has 0 aliphatic rings. The van der Waals surface area contributed by atoms with Gasteiger partial charge in [0.1, 0.15) is 11.5 Å². The molecular formula is C30H28N2O6. The second-order valence-electron chi connectivity index (χ2n) is 8.32. The van der Waals surface area contributed by atoms with Crippen LogP contribution in [0.2, 0.25) is 0 Å². The fourth-order valence-electron chi connectivity index (χ4n) is 3.66. The lowest BCUT2D eigenvalue weighted by atomic mass is 10.1. The van der Waals surface area contributed by atoms with E-state index in [0.717, 1.165) is 17.2 Å². The first-order valence-electron chi connectivity index (χ1n) is 12.3. The van der Waals surface area contributed by atoms with Crippen LogP contribution in [0.1, 0.15) is 46.5 Å². The van der Waals surface area contributed by atoms with E-state index in [0.29, 0.717) is 35.8 Å². The van der Waals surface area contributed by atoms with Crippen LogP contribution in [-0.4, -0.2) is 36.4 Å². The number of benzene rings is 4. The molecular weight excluding hydrogens is 484 g/mol. The molecule has 0 fully saturated rings. The number of carbonyl (C=O) groups excluding carboxylic acids is 2. The Hall–Kier alpha value is -4.85. The number of carbonyl (C=O) groups is 2. The van der Waals surface area contributed by atoms with Crippen LogP contribution in [0.25, 0.3) is 10.8 Å². The molecule has 0 aliphatic carbocycles. The van der Waals surface area contributed by atoms with E-state index in [2.05, 4.69) is 10.5 Å². The van der Waals surface area contributed by atoms with E-state index < -0.39 is 11.9 Å². The molecule has 8 heteroatoms. The summed E-state index contributed by atoms with van der Waals surface area (Å²) in [5, 5.41) is 15.9. The van der Waals surface area contributed by atoms with Crippen LogP contribution in [0.3, 0.4) is 0 Å². The summed E-state index contributed by atoms with van der Waals surface area (Å²) in [5.41, 5.74) is 3.52. The Balaban J connectivity index is 1.43. The summed E-state index contributed by atoms with van der Waals surface area (Å²) in [6.07, 6.45) is 2.32. The van der Waals surface area contributed by atoms with Gasteiger partial charge in [0.2, 0.25) is 0 Å². The summed E-state index contributed by atoms with van der Waals surface area (Å²) in [6, 6.07) is 22.2. The highest BCUT2D eigenvalue weighted by molar-refractivity contribution is 6.01. The van der Waals surface area contributed by atoms with E-state index in [-0.39, 0.29) is 17.1 Å². The van der Waals surface area contributed by atoms with Crippen molar-refractivity contribution < 1.29 is 28.9 Å². The number of nitrogens with zero attached hydrogens (tertiary/aromatic N) is 1. The van der Waals surface area contributed by atoms with Crippen LogP contribution in [0.5, 0.6) is 23.0 Å². The van der Waals surface area contributed by atoms with Gasteiger partial charge in [-0.3, -0.25) is 4.79 Å². The number of phenolic OH excluding ortho intramolecular Hbond substituents is 1. The number of aromatic hydroxyl groups is 1. The number of esters is 1. The molecule has 0 atom stereocenters. The van der Waals surface area contributed by atoms with E-state index >= 15 is 0 Å². The van der Waals surface area contributed by atoms with Gasteiger partial charge < -0.3 is 19.3 Å². The van der Waals surface area contributed by atoms with Crippen molar-refractivity contribution in [2.24, 2.45) is 5.10 Å². The number of hydrazone groups is 1. The van der Waals surface area contributed by atoms with Gasteiger partial charge in [0.25, 0.3) is 5.91 Å². The van der Waals surface area contributed by atoms with Gasteiger partial charge in [-0.15, -0.1) is 0 Å². The third kappa shape index (κ3) is 6.47. The minimum atomic E-state index is -0.550. The largest absolute Gasteiger partial charge is 0.507 e. The first-order chi connectivity index (χ1) is 18.5. The standard InChI is InChI=1S/C30H28N2O6/c1-3-15-37-24-12-10-21(11-13-24)30(35)38-27-14-9-20(16-28(27)36-4-2)19-31-32-29(34)25-17-22-7-5-6-8-23(22)18-26(25)33/h5-14,16-19,33H,3-4,15H2,1-2H3,(H,32,34)/b31-19-. The molecule has 0 unspecified atom stereocenters. The zero-order valence-electron chi connectivity index (χ0n) is 21.1. The van der Waals surface area contributed by atoms with Gasteiger partial charge in [-0.25, -0.2) is 10.2 Å². The number of hydrogen-bond donors (Lipinski definition) is 2. The van der Waals surface area contributed by atoms with Crippen molar-refractivity contribution in [2.75, 3.05) is 13.2 Å². The van der Waals surface area contributed by atoms with Crippen molar-refractivity contribution in [2.45, 2.75) is 20.3 Å². The summed E-state index contributed by atoms with van der Waals surface area (Å²) in [7, 11) is 0. The molecule has 194 valence electrons. The quantitative estimate of drug-likeness (QED) is 0.122. The van der Waals surface area contributed by atoms with Crippen molar-refractivity contribution in [3.05, 3.63) is 95.6 Å². The molecule has 2 N–H and O–H groups in total. The fraction of sp³-hybridized carbons (Fsp3) is 0.167. The van der Waals surface area contributed by atoms with Gasteiger partial charge in [0, 0.05) is 0 Å². The van der Waals surface area contributed by atoms with E-state index in [1.165, 1.54) is 12.3 Å². The summed E-state index contributed by atoms with van der Waals surface area (Å²) in [6.45, 7) is 4.80. The normalized spacial score (nSPS) is 10.9. The van der Waals surface area contributed by atoms with E-state index in [1.54, 1.807) is 48.5 Å². The van der Waals surface area contributed by atoms with Crippen molar-refractivity contribution >= 4 is 28.9 Å². The maximum absolute atomic E-state index is 12.7. The average Bonchev–Trinajstić information content (AvgIpc) is 2.93. The summed E-state index contributed by atoms with van der Waals surface area (Å²) in [4.78, 5) is 25.2. The Kier molecular flexibility index (Phi) is 8.56. The van der Waals surface area contributed by atoms with Gasteiger partial charge in [0.05, 0.1) is 30.6 Å². The monoisotopic (exact) mass is 512 g/mol. The van der Waals surface area contributed by atoms with Gasteiger partial charge in [-0.1, -0.05) is 31.2 Å². The maximum Gasteiger partial charge on any atom is 0.343 e. The predicted octanol–water partition coefficient (Wildman–Crippen LogP) is 5.72. The molecule has 0 spiro atoms. The van der Waals surface area contributed by atoms with Crippen LogP contribution < -0.4 is 19.6 Å². The Morgan fingerprint density at radius 2 is 1.63 bits per heavy atom. The summed E-state index contributed by atoms with van der Waals surface area (Å²) < 4.78 is 16.8. The minimum absolute atomic E-state index is 0.114. The lowest BCUT2D eigenvalue weighted by Gasteiger charge is -2.12. The van der Waals surface area contributed by atoms with E-state index in [1.807, 2.05) is 38.1 Å². The van der Waals surface area contributed by atoms with Crippen LogP contribution >= 0.6 is 0 Å². The smallest absolute Gasteiger partial charge is 0.343 e. The second-order valence-corrected chi connectivity index (χ2v) is 8.32. The molecule has 4 aromatic carbocycles. The highest BCUT2D eigenvalue weighted by atomic mass is 16.6. The molecule has 4 aromatic rings. The number of amides is 1. The van der Waals surface area contributed by atoms with Crippen LogP contribution in [0.15, 0.2) is 84.0 Å². The number of fused-ring (bicyclic) bond motifs is 1. The zero-order chi connectivity index (χ0) is 26.9. The maximum atomic E-state index is 12.7. The number of nitrogens with one attached hydrogen (secondary N) is 1. The second kappa shape index (κ2) is 12.4. The predicted molar refractivity (Wildman–Crippen MR) is 145 cm³/mol. The number of rotatable bonds is 10. The molecule has 0 radical (unpaired) electrons. The Morgan fingerprint density at radius 1 is 0.895 bits per heavy atom. The average molecular weight is 513 g/mol. The molecule has 0 bridgehead atoms. The van der Waals surface area contributed by atoms with Crippen molar-refractivity contribution in [1.29, 1.82) is 0 Å². The molecule has 1 amide bonds. The lowest BCUT2D eigenvalue weighted by molar-refractivity contribution is 0.0728. The van der Waals surface area contributed by atoms with Gasteiger partial charge in [-0.2, -0.15) is 5.10 Å². The number of phenols is 1. The summed E-state index contributed by atoms with van der Waals surface area (Å²) >= 11 is 0. The Bertz CT molecular complexity index is 1460. The third-order valence-corrected chi connectivity index (χ3v) is 5.52. The zero-order valence-corrected chi connectivity index (χ0v) is 21.1. The first-order valence-corrected chi connectivity index (χ1v) is 12.3. The lowest BCUT2D eigenvalue weighted by Crippen LogP contribution is -2.17. The van der Waals surface area contributed by atoms with Gasteiger partial charge >= 0.3 is 5.97 Å². The number of hydrogen-bond acceptors (Lipinski definition) is 7. The molecule has 4 rings (SSSR count). The fourth-order valence-corrected chi connectivity index (χ4v) is 3.66. The highest BCUT2D eigenvalue weighted by Crippen LogP contribution is 2.29. The highest BCUT2D eigenvalue weighted by Gasteiger charge is 2.14.